The molecule has 0 atom stereocenters. The van der Waals surface area contributed by atoms with Crippen LogP contribution < -0.4 is 16.0 Å². The third-order valence-electron chi connectivity index (χ3n) is 7.04. The number of aromatic nitrogens is 3. The number of rotatable bonds is 8. The lowest BCUT2D eigenvalue weighted by atomic mass is 10.0. The van der Waals surface area contributed by atoms with Gasteiger partial charge >= 0.3 is 18.4 Å². The van der Waals surface area contributed by atoms with Gasteiger partial charge < -0.3 is 20.0 Å². The molecule has 1 saturated heterocycles. The van der Waals surface area contributed by atoms with Crippen molar-refractivity contribution in [2.45, 2.75) is 25.8 Å². The van der Waals surface area contributed by atoms with Gasteiger partial charge in [0.05, 0.1) is 28.0 Å². The van der Waals surface area contributed by atoms with E-state index in [1.807, 2.05) is 11.9 Å². The highest BCUT2D eigenvalue weighted by Gasteiger charge is 2.36. The highest BCUT2D eigenvalue weighted by Crippen LogP contribution is 2.39. The summed E-state index contributed by atoms with van der Waals surface area (Å²) in [4.78, 5) is 29.1. The number of likely N-dealkylation sites (N-methyl/N-ethyl adjacent to an activating group) is 1. The average Bonchev–Trinajstić information content (AvgIpc) is 3.43. The first-order valence-corrected chi connectivity index (χ1v) is 14.2. The lowest BCUT2D eigenvalue weighted by Crippen LogP contribution is -2.44. The number of carbonyl (C=O) groups excluding carboxylic acids is 1. The zero-order valence-corrected chi connectivity index (χ0v) is 25.1. The number of hydrogen-bond donors (Lipinski definition) is 3. The standard InChI is InChI=1S/C29H27ClF6N8O2/c1-16-38-23(40-18-7-6-17(20(12-18)29(34,35)36)15-44-10-8-43(2)9-11-44)13-24(39-16)41-27-37-14-22(46-27)26(45)42-25-19(28(31,32)33)4-3-5-21(25)30/h3-7,12-14H,8-11,15H2,1-2H3,(H,42,45)(H2,37,38,39,40,41). The van der Waals surface area contributed by atoms with E-state index < -0.39 is 40.8 Å². The third-order valence-corrected chi connectivity index (χ3v) is 7.35. The van der Waals surface area contributed by atoms with Crippen LogP contribution in [0.1, 0.15) is 33.1 Å². The molecule has 46 heavy (non-hydrogen) atoms. The predicted octanol–water partition coefficient (Wildman–Crippen LogP) is 6.95. The van der Waals surface area contributed by atoms with Gasteiger partial charge in [0.25, 0.3) is 5.91 Å². The van der Waals surface area contributed by atoms with Crippen LogP contribution in [-0.4, -0.2) is 63.9 Å². The minimum Gasteiger partial charge on any atom is -0.418 e. The fraction of sp³-hybridized carbons (Fsp3) is 0.310. The largest absolute Gasteiger partial charge is 0.418 e. The Morgan fingerprint density at radius 2 is 1.61 bits per heavy atom. The summed E-state index contributed by atoms with van der Waals surface area (Å²) in [5.41, 5.74) is -2.24. The Balaban J connectivity index is 1.30. The number of para-hydroxylation sites is 1. The molecular formula is C29H27ClF6N8O2. The van der Waals surface area contributed by atoms with E-state index in [9.17, 15) is 31.1 Å². The minimum absolute atomic E-state index is 0.108. The second-order valence-corrected chi connectivity index (χ2v) is 10.9. The number of anilines is 5. The van der Waals surface area contributed by atoms with Crippen molar-refractivity contribution in [2.24, 2.45) is 0 Å². The van der Waals surface area contributed by atoms with Crippen molar-refractivity contribution in [3.63, 3.8) is 0 Å². The Bertz CT molecular complexity index is 1720. The summed E-state index contributed by atoms with van der Waals surface area (Å²) in [7, 11) is 1.97. The number of oxazole rings is 1. The number of alkyl halides is 6. The zero-order chi connectivity index (χ0) is 33.2. The van der Waals surface area contributed by atoms with E-state index in [1.165, 1.54) is 24.3 Å². The van der Waals surface area contributed by atoms with E-state index >= 15 is 0 Å². The van der Waals surface area contributed by atoms with Gasteiger partial charge in [0, 0.05) is 44.5 Å². The van der Waals surface area contributed by atoms with Crippen LogP contribution >= 0.6 is 11.6 Å². The molecule has 0 spiro atoms. The summed E-state index contributed by atoms with van der Waals surface area (Å²) < 4.78 is 87.6. The number of nitrogens with zero attached hydrogens (tertiary/aromatic N) is 5. The molecular weight excluding hydrogens is 642 g/mol. The Kier molecular flexibility index (Phi) is 9.42. The molecule has 0 unspecified atom stereocenters. The summed E-state index contributed by atoms with van der Waals surface area (Å²) in [6.07, 6.45) is -8.38. The molecule has 1 amide bonds. The van der Waals surface area contributed by atoms with Crippen LogP contribution in [-0.2, 0) is 18.9 Å². The van der Waals surface area contributed by atoms with E-state index in [0.29, 0.717) is 13.1 Å². The second-order valence-electron chi connectivity index (χ2n) is 10.5. The molecule has 1 aliphatic heterocycles. The third kappa shape index (κ3) is 8.05. The molecule has 3 N–H and O–H groups in total. The van der Waals surface area contributed by atoms with Crippen LogP contribution in [0.5, 0.6) is 0 Å². The number of piperazine rings is 1. The summed E-state index contributed by atoms with van der Waals surface area (Å²) in [6.45, 7) is 4.60. The molecule has 3 heterocycles. The first kappa shape index (κ1) is 33.0. The molecule has 0 saturated carbocycles. The van der Waals surface area contributed by atoms with E-state index in [1.54, 1.807) is 6.92 Å². The van der Waals surface area contributed by atoms with Gasteiger partial charge in [-0.15, -0.1) is 0 Å². The van der Waals surface area contributed by atoms with Crippen molar-refractivity contribution in [1.29, 1.82) is 0 Å². The Morgan fingerprint density at radius 1 is 0.935 bits per heavy atom. The molecule has 2 aromatic carbocycles. The van der Waals surface area contributed by atoms with E-state index in [2.05, 4.69) is 35.8 Å². The molecule has 4 aromatic rings. The van der Waals surface area contributed by atoms with Gasteiger partial charge in [-0.05, 0) is 43.8 Å². The van der Waals surface area contributed by atoms with Crippen molar-refractivity contribution in [2.75, 3.05) is 49.2 Å². The SMILES string of the molecule is Cc1nc(Nc2ccc(CN3CCN(C)CC3)c(C(F)(F)F)c2)cc(Nc2ncc(C(=O)Nc3c(Cl)cccc3C(F)(F)F)o2)n1. The molecule has 17 heteroatoms. The van der Waals surface area contributed by atoms with Crippen LogP contribution in [0.15, 0.2) is 53.1 Å². The lowest BCUT2D eigenvalue weighted by molar-refractivity contribution is -0.138. The molecule has 0 radical (unpaired) electrons. The molecule has 10 nitrogen and oxygen atoms in total. The summed E-state index contributed by atoms with van der Waals surface area (Å²) in [6, 6.07) is 8.20. The lowest BCUT2D eigenvalue weighted by Gasteiger charge is -2.33. The average molecular weight is 669 g/mol. The van der Waals surface area contributed by atoms with E-state index in [-0.39, 0.29) is 46.3 Å². The normalized spacial score (nSPS) is 14.7. The summed E-state index contributed by atoms with van der Waals surface area (Å²) in [5.74, 6) is -0.985. The predicted molar refractivity (Wildman–Crippen MR) is 158 cm³/mol. The van der Waals surface area contributed by atoms with Crippen LogP contribution in [0.3, 0.4) is 0 Å². The highest BCUT2D eigenvalue weighted by molar-refractivity contribution is 6.34. The topological polar surface area (TPSA) is 111 Å². The van der Waals surface area contributed by atoms with Gasteiger partial charge in [-0.1, -0.05) is 23.7 Å². The van der Waals surface area contributed by atoms with Crippen molar-refractivity contribution < 1.29 is 35.6 Å². The van der Waals surface area contributed by atoms with E-state index in [4.69, 9.17) is 16.0 Å². The Labute approximate surface area is 263 Å². The van der Waals surface area contributed by atoms with Gasteiger partial charge in [-0.25, -0.2) is 15.0 Å². The molecule has 244 valence electrons. The number of aryl methyl sites for hydroxylation is 1. The molecule has 1 aliphatic rings. The van der Waals surface area contributed by atoms with Gasteiger partial charge in [0.15, 0.2) is 0 Å². The van der Waals surface area contributed by atoms with Crippen molar-refractivity contribution in [3.8, 4) is 0 Å². The first-order chi connectivity index (χ1) is 21.7. The van der Waals surface area contributed by atoms with E-state index in [0.717, 1.165) is 37.5 Å². The second kappa shape index (κ2) is 13.1. The molecule has 1 fully saturated rings. The summed E-state index contributed by atoms with van der Waals surface area (Å²) >= 11 is 5.90. The van der Waals surface area contributed by atoms with Crippen molar-refractivity contribution >= 4 is 46.5 Å². The summed E-state index contributed by atoms with van der Waals surface area (Å²) in [5, 5.41) is 7.34. The van der Waals surface area contributed by atoms with Crippen LogP contribution in [0, 0.1) is 6.92 Å². The number of halogens is 7. The number of carbonyl (C=O) groups is 1. The Hall–Kier alpha value is -4.41. The van der Waals surface area contributed by atoms with Gasteiger partial charge in [-0.2, -0.15) is 26.3 Å². The first-order valence-electron chi connectivity index (χ1n) is 13.8. The number of benzene rings is 2. The fourth-order valence-electron chi connectivity index (χ4n) is 4.76. The molecule has 5 rings (SSSR count). The monoisotopic (exact) mass is 668 g/mol. The number of amides is 1. The number of hydrogen-bond acceptors (Lipinski definition) is 9. The van der Waals surface area contributed by atoms with Gasteiger partial charge in [0.1, 0.15) is 17.5 Å². The van der Waals surface area contributed by atoms with Crippen molar-refractivity contribution in [3.05, 3.63) is 82.0 Å². The molecule has 0 aliphatic carbocycles. The quantitative estimate of drug-likeness (QED) is 0.172. The van der Waals surface area contributed by atoms with Gasteiger partial charge in [0.2, 0.25) is 5.76 Å². The highest BCUT2D eigenvalue weighted by atomic mass is 35.5. The van der Waals surface area contributed by atoms with Gasteiger partial charge in [-0.3, -0.25) is 15.0 Å². The fourth-order valence-corrected chi connectivity index (χ4v) is 4.98. The maximum atomic E-state index is 14.0. The smallest absolute Gasteiger partial charge is 0.418 e. The zero-order valence-electron chi connectivity index (χ0n) is 24.4. The van der Waals surface area contributed by atoms with Crippen LogP contribution in [0.4, 0.5) is 55.4 Å². The maximum Gasteiger partial charge on any atom is 0.418 e. The van der Waals surface area contributed by atoms with Crippen LogP contribution in [0.2, 0.25) is 5.02 Å². The van der Waals surface area contributed by atoms with Crippen LogP contribution in [0.25, 0.3) is 0 Å². The van der Waals surface area contributed by atoms with Crippen molar-refractivity contribution in [1.82, 2.24) is 24.8 Å². The Morgan fingerprint density at radius 3 is 2.28 bits per heavy atom. The molecule has 2 aromatic heterocycles. The number of nitrogens with one attached hydrogen (secondary N) is 3. The minimum atomic E-state index is -4.78. The maximum absolute atomic E-state index is 14.0. The molecule has 0 bridgehead atoms.